The molecular weight excluding hydrogens is 432 g/mol. The predicted octanol–water partition coefficient (Wildman–Crippen LogP) is 4.21. The number of amides is 1. The maximum Gasteiger partial charge on any atom is 0.338 e. The van der Waals surface area contributed by atoms with Gasteiger partial charge in [-0.3, -0.25) is 4.79 Å². The van der Waals surface area contributed by atoms with Gasteiger partial charge in [-0.1, -0.05) is 35.9 Å². The summed E-state index contributed by atoms with van der Waals surface area (Å²) in [7, 11) is 0. The minimum atomic E-state index is -0.584. The zero-order valence-corrected chi connectivity index (χ0v) is 19.2. The molecule has 3 aromatic rings. The maximum atomic E-state index is 12.4. The molecule has 0 aromatic heterocycles. The van der Waals surface area contributed by atoms with Crippen LogP contribution in [0.2, 0.25) is 0 Å². The molecule has 0 saturated carbocycles. The van der Waals surface area contributed by atoms with Gasteiger partial charge < -0.3 is 24.4 Å². The van der Waals surface area contributed by atoms with Crippen LogP contribution in [0.5, 0.6) is 5.75 Å². The number of nitrogens with one attached hydrogen (secondary N) is 1. The Morgan fingerprint density at radius 2 is 1.74 bits per heavy atom. The van der Waals surface area contributed by atoms with E-state index in [-0.39, 0.29) is 6.61 Å². The molecular formula is C27H28N2O5. The molecule has 7 nitrogen and oxygen atoms in total. The van der Waals surface area contributed by atoms with E-state index in [1.807, 2.05) is 55.5 Å². The van der Waals surface area contributed by atoms with Crippen molar-refractivity contribution >= 4 is 23.3 Å². The van der Waals surface area contributed by atoms with Crippen molar-refractivity contribution in [1.29, 1.82) is 0 Å². The normalized spacial score (nSPS) is 13.3. The summed E-state index contributed by atoms with van der Waals surface area (Å²) < 4.78 is 16.4. The summed E-state index contributed by atoms with van der Waals surface area (Å²) >= 11 is 0. The van der Waals surface area contributed by atoms with Crippen LogP contribution < -0.4 is 15.0 Å². The number of carbonyl (C=O) groups excluding carboxylic acids is 2. The van der Waals surface area contributed by atoms with Crippen molar-refractivity contribution in [2.24, 2.45) is 0 Å². The Kier molecular flexibility index (Phi) is 7.78. The molecule has 7 heteroatoms. The first-order valence-electron chi connectivity index (χ1n) is 11.2. The largest absolute Gasteiger partial charge is 0.489 e. The van der Waals surface area contributed by atoms with Crippen molar-refractivity contribution in [3.05, 3.63) is 89.5 Å². The van der Waals surface area contributed by atoms with Gasteiger partial charge in [0.25, 0.3) is 5.91 Å². The fraction of sp³-hybridized carbons (Fsp3) is 0.259. The lowest BCUT2D eigenvalue weighted by Crippen LogP contribution is -2.36. The second kappa shape index (κ2) is 11.3. The predicted molar refractivity (Wildman–Crippen MR) is 130 cm³/mol. The summed E-state index contributed by atoms with van der Waals surface area (Å²) in [5, 5.41) is 2.75. The van der Waals surface area contributed by atoms with Crippen LogP contribution in [0.25, 0.3) is 0 Å². The number of morpholine rings is 1. The van der Waals surface area contributed by atoms with Crippen molar-refractivity contribution in [2.45, 2.75) is 13.5 Å². The molecule has 1 saturated heterocycles. The van der Waals surface area contributed by atoms with Crippen molar-refractivity contribution in [3.8, 4) is 5.75 Å². The topological polar surface area (TPSA) is 77.1 Å². The van der Waals surface area contributed by atoms with Gasteiger partial charge in [0.2, 0.25) is 0 Å². The molecule has 1 heterocycles. The standard InChI is InChI=1S/C27H28N2O5/c1-20-4-2-5-21(16-20)18-33-25-7-3-6-22(17-25)27(31)34-19-26(30)28-23-8-10-24(11-9-23)29-12-14-32-15-13-29/h2-11,16-17H,12-15,18-19H2,1H3,(H,28,30). The highest BCUT2D eigenvalue weighted by atomic mass is 16.5. The van der Waals surface area contributed by atoms with E-state index >= 15 is 0 Å². The summed E-state index contributed by atoms with van der Waals surface area (Å²) in [4.78, 5) is 26.9. The van der Waals surface area contributed by atoms with E-state index in [2.05, 4.69) is 10.2 Å². The number of hydrogen-bond donors (Lipinski definition) is 1. The number of anilines is 2. The number of nitrogens with zero attached hydrogens (tertiary/aromatic N) is 1. The van der Waals surface area contributed by atoms with E-state index in [0.29, 0.717) is 36.8 Å². The van der Waals surface area contributed by atoms with E-state index in [1.54, 1.807) is 24.3 Å². The Bertz CT molecular complexity index is 1120. The third-order valence-electron chi connectivity index (χ3n) is 5.42. The second-order valence-corrected chi connectivity index (χ2v) is 8.08. The molecule has 176 valence electrons. The van der Waals surface area contributed by atoms with Crippen molar-refractivity contribution in [2.75, 3.05) is 43.1 Å². The SMILES string of the molecule is Cc1cccc(COc2cccc(C(=O)OCC(=O)Nc3ccc(N4CCOCC4)cc3)c2)c1. The lowest BCUT2D eigenvalue weighted by molar-refractivity contribution is -0.119. The summed E-state index contributed by atoms with van der Waals surface area (Å²) in [6.07, 6.45) is 0. The van der Waals surface area contributed by atoms with Crippen molar-refractivity contribution < 1.29 is 23.8 Å². The van der Waals surface area contributed by atoms with Gasteiger partial charge in [-0.05, 0) is 55.0 Å². The van der Waals surface area contributed by atoms with Gasteiger partial charge in [0.05, 0.1) is 18.8 Å². The fourth-order valence-corrected chi connectivity index (χ4v) is 3.67. The average Bonchev–Trinajstić information content (AvgIpc) is 2.87. The molecule has 0 aliphatic carbocycles. The first kappa shape index (κ1) is 23.3. The molecule has 0 spiro atoms. The van der Waals surface area contributed by atoms with Crippen LogP contribution in [0.3, 0.4) is 0 Å². The molecule has 0 bridgehead atoms. The van der Waals surface area contributed by atoms with Crippen LogP contribution in [0.1, 0.15) is 21.5 Å². The van der Waals surface area contributed by atoms with E-state index in [1.165, 1.54) is 0 Å². The number of esters is 1. The number of carbonyl (C=O) groups is 2. The highest BCUT2D eigenvalue weighted by Gasteiger charge is 2.13. The molecule has 3 aromatic carbocycles. The number of ether oxygens (including phenoxy) is 3. The summed E-state index contributed by atoms with van der Waals surface area (Å²) in [5.41, 5.74) is 4.25. The molecule has 0 atom stereocenters. The van der Waals surface area contributed by atoms with Crippen LogP contribution in [0, 0.1) is 6.92 Å². The number of aryl methyl sites for hydroxylation is 1. The lowest BCUT2D eigenvalue weighted by Gasteiger charge is -2.28. The van der Waals surface area contributed by atoms with Crippen molar-refractivity contribution in [3.63, 3.8) is 0 Å². The van der Waals surface area contributed by atoms with Crippen LogP contribution in [-0.2, 0) is 20.9 Å². The molecule has 34 heavy (non-hydrogen) atoms. The minimum Gasteiger partial charge on any atom is -0.489 e. The quantitative estimate of drug-likeness (QED) is 0.508. The highest BCUT2D eigenvalue weighted by molar-refractivity contribution is 5.95. The first-order chi connectivity index (χ1) is 16.6. The van der Waals surface area contributed by atoms with Gasteiger partial charge in [-0.2, -0.15) is 0 Å². The lowest BCUT2D eigenvalue weighted by atomic mass is 10.1. The van der Waals surface area contributed by atoms with Gasteiger partial charge in [0.15, 0.2) is 6.61 Å². The number of benzene rings is 3. The average molecular weight is 461 g/mol. The third-order valence-corrected chi connectivity index (χ3v) is 5.42. The smallest absolute Gasteiger partial charge is 0.338 e. The van der Waals surface area contributed by atoms with Crippen LogP contribution in [-0.4, -0.2) is 44.8 Å². The molecule has 1 aliphatic rings. The number of hydrogen-bond acceptors (Lipinski definition) is 6. The van der Waals surface area contributed by atoms with Gasteiger partial charge in [-0.25, -0.2) is 4.79 Å². The highest BCUT2D eigenvalue weighted by Crippen LogP contribution is 2.19. The van der Waals surface area contributed by atoms with Crippen LogP contribution in [0.15, 0.2) is 72.8 Å². The Labute approximate surface area is 199 Å². The molecule has 0 unspecified atom stereocenters. The molecule has 1 amide bonds. The van der Waals surface area contributed by atoms with E-state index < -0.39 is 11.9 Å². The monoisotopic (exact) mass is 460 g/mol. The Morgan fingerprint density at radius 1 is 0.971 bits per heavy atom. The van der Waals surface area contributed by atoms with Gasteiger partial charge in [-0.15, -0.1) is 0 Å². The summed E-state index contributed by atoms with van der Waals surface area (Å²) in [5.74, 6) is -0.432. The first-order valence-corrected chi connectivity index (χ1v) is 11.2. The zero-order chi connectivity index (χ0) is 23.8. The Morgan fingerprint density at radius 3 is 2.50 bits per heavy atom. The van der Waals surface area contributed by atoms with Crippen molar-refractivity contribution in [1.82, 2.24) is 0 Å². The summed E-state index contributed by atoms with van der Waals surface area (Å²) in [6, 6.07) is 22.3. The van der Waals surface area contributed by atoms with E-state index in [0.717, 1.165) is 29.9 Å². The van der Waals surface area contributed by atoms with E-state index in [4.69, 9.17) is 14.2 Å². The zero-order valence-electron chi connectivity index (χ0n) is 19.2. The van der Waals surface area contributed by atoms with Gasteiger partial charge >= 0.3 is 5.97 Å². The van der Waals surface area contributed by atoms with E-state index in [9.17, 15) is 9.59 Å². The molecule has 1 aliphatic heterocycles. The molecule has 1 fully saturated rings. The Hall–Kier alpha value is -3.84. The third kappa shape index (κ3) is 6.59. The summed E-state index contributed by atoms with van der Waals surface area (Å²) in [6.45, 7) is 5.17. The van der Waals surface area contributed by atoms with Crippen LogP contribution in [0.4, 0.5) is 11.4 Å². The van der Waals surface area contributed by atoms with Crippen LogP contribution >= 0.6 is 0 Å². The fourth-order valence-electron chi connectivity index (χ4n) is 3.67. The Balaban J connectivity index is 1.25. The number of rotatable bonds is 8. The van der Waals surface area contributed by atoms with Gasteiger partial charge in [0, 0.05) is 24.5 Å². The molecule has 1 N–H and O–H groups in total. The second-order valence-electron chi connectivity index (χ2n) is 8.08. The minimum absolute atomic E-state index is 0.324. The molecule has 0 radical (unpaired) electrons. The molecule has 4 rings (SSSR count). The van der Waals surface area contributed by atoms with Gasteiger partial charge in [0.1, 0.15) is 12.4 Å². The maximum absolute atomic E-state index is 12.4.